The van der Waals surface area contributed by atoms with Crippen molar-refractivity contribution in [3.63, 3.8) is 0 Å². The minimum atomic E-state index is 0.118. The second kappa shape index (κ2) is 5.66. The van der Waals surface area contributed by atoms with E-state index in [-0.39, 0.29) is 6.04 Å². The largest absolute Gasteiger partial charge is 0.380 e. The molecule has 5 heteroatoms. The van der Waals surface area contributed by atoms with Gasteiger partial charge in [0, 0.05) is 6.61 Å². The number of rotatable bonds is 6. The molecule has 74 valence electrons. The molecule has 1 aromatic rings. The highest BCUT2D eigenvalue weighted by atomic mass is 16.5. The Kier molecular flexibility index (Phi) is 4.42. The van der Waals surface area contributed by atoms with Crippen LogP contribution in [0.15, 0.2) is 6.33 Å². The summed E-state index contributed by atoms with van der Waals surface area (Å²) in [5.74, 6) is 0.829. The minimum absolute atomic E-state index is 0.118. The lowest BCUT2D eigenvalue weighted by Gasteiger charge is -2.14. The third kappa shape index (κ3) is 3.12. The maximum Gasteiger partial charge on any atom is 0.143 e. The Hall–Kier alpha value is -0.940. The Morgan fingerprint density at radius 2 is 2.46 bits per heavy atom. The Balaban J connectivity index is 2.47. The van der Waals surface area contributed by atoms with Gasteiger partial charge in [-0.2, -0.15) is 5.10 Å². The van der Waals surface area contributed by atoms with Crippen LogP contribution >= 0.6 is 0 Å². The van der Waals surface area contributed by atoms with Gasteiger partial charge in [-0.3, -0.25) is 5.10 Å². The number of ether oxygens (including phenoxy) is 1. The molecular formula is C8H16N4O. The van der Waals surface area contributed by atoms with Crippen LogP contribution in [0.25, 0.3) is 0 Å². The predicted molar refractivity (Wildman–Crippen MR) is 49.3 cm³/mol. The normalized spacial score (nSPS) is 13.1. The van der Waals surface area contributed by atoms with Gasteiger partial charge in [-0.1, -0.05) is 6.92 Å². The summed E-state index contributed by atoms with van der Waals surface area (Å²) in [5.41, 5.74) is 0. The van der Waals surface area contributed by atoms with E-state index in [1.807, 2.05) is 6.92 Å². The summed E-state index contributed by atoms with van der Waals surface area (Å²) >= 11 is 0. The lowest BCUT2D eigenvalue weighted by atomic mass is 10.3. The number of likely N-dealkylation sites (N-methyl/N-ethyl adjacent to an activating group) is 1. The Morgan fingerprint density at radius 3 is 3.00 bits per heavy atom. The summed E-state index contributed by atoms with van der Waals surface area (Å²) in [4.78, 5) is 4.08. The van der Waals surface area contributed by atoms with Crippen molar-refractivity contribution >= 4 is 0 Å². The van der Waals surface area contributed by atoms with Gasteiger partial charge in [0.15, 0.2) is 0 Å². The molecule has 0 saturated heterocycles. The van der Waals surface area contributed by atoms with Crippen molar-refractivity contribution < 1.29 is 4.74 Å². The van der Waals surface area contributed by atoms with E-state index >= 15 is 0 Å². The first kappa shape index (κ1) is 10.1. The number of hydrogen-bond acceptors (Lipinski definition) is 4. The lowest BCUT2D eigenvalue weighted by molar-refractivity contribution is 0.121. The first-order valence-electron chi connectivity index (χ1n) is 4.54. The van der Waals surface area contributed by atoms with Crippen molar-refractivity contribution in [2.75, 3.05) is 19.8 Å². The quantitative estimate of drug-likeness (QED) is 0.675. The molecule has 0 aliphatic carbocycles. The van der Waals surface area contributed by atoms with E-state index in [1.165, 1.54) is 6.33 Å². The van der Waals surface area contributed by atoms with Crippen molar-refractivity contribution in [1.82, 2.24) is 20.5 Å². The van der Waals surface area contributed by atoms with Gasteiger partial charge < -0.3 is 10.1 Å². The van der Waals surface area contributed by atoms with Gasteiger partial charge in [-0.15, -0.1) is 0 Å². The van der Waals surface area contributed by atoms with Gasteiger partial charge in [0.1, 0.15) is 12.2 Å². The number of nitrogens with one attached hydrogen (secondary N) is 2. The molecule has 0 radical (unpaired) electrons. The van der Waals surface area contributed by atoms with Crippen LogP contribution in [0.5, 0.6) is 0 Å². The molecule has 1 rings (SSSR count). The van der Waals surface area contributed by atoms with Crippen LogP contribution in [-0.2, 0) is 4.74 Å². The summed E-state index contributed by atoms with van der Waals surface area (Å²) in [6.45, 7) is 6.26. The molecule has 1 unspecified atom stereocenters. The van der Waals surface area contributed by atoms with Crippen LogP contribution in [0, 0.1) is 0 Å². The van der Waals surface area contributed by atoms with E-state index < -0.39 is 0 Å². The Labute approximate surface area is 77.9 Å². The maximum absolute atomic E-state index is 5.32. The fraction of sp³-hybridized carbons (Fsp3) is 0.750. The highest BCUT2D eigenvalue weighted by Crippen LogP contribution is 2.05. The molecule has 0 amide bonds. The van der Waals surface area contributed by atoms with Crippen molar-refractivity contribution in [3.05, 3.63) is 12.2 Å². The van der Waals surface area contributed by atoms with Crippen molar-refractivity contribution in [2.24, 2.45) is 0 Å². The molecule has 0 aliphatic heterocycles. The van der Waals surface area contributed by atoms with Crippen molar-refractivity contribution in [2.45, 2.75) is 19.9 Å². The molecule has 0 aromatic carbocycles. The fourth-order valence-electron chi connectivity index (χ4n) is 1.10. The maximum atomic E-state index is 5.32. The van der Waals surface area contributed by atoms with E-state index in [0.29, 0.717) is 6.61 Å². The molecule has 1 atom stereocenters. The molecule has 1 aromatic heterocycles. The molecule has 0 aliphatic rings. The number of hydrogen-bond donors (Lipinski definition) is 2. The zero-order chi connectivity index (χ0) is 9.52. The number of aromatic amines is 1. The van der Waals surface area contributed by atoms with Crippen molar-refractivity contribution in [3.8, 4) is 0 Å². The highest BCUT2D eigenvalue weighted by Gasteiger charge is 2.12. The highest BCUT2D eigenvalue weighted by molar-refractivity contribution is 4.90. The van der Waals surface area contributed by atoms with E-state index in [9.17, 15) is 0 Å². The fourth-order valence-corrected chi connectivity index (χ4v) is 1.10. The molecular weight excluding hydrogens is 168 g/mol. The first-order chi connectivity index (χ1) is 6.38. The topological polar surface area (TPSA) is 62.8 Å². The molecule has 1 heterocycles. The van der Waals surface area contributed by atoms with Gasteiger partial charge in [-0.25, -0.2) is 4.98 Å². The smallest absolute Gasteiger partial charge is 0.143 e. The van der Waals surface area contributed by atoms with Crippen LogP contribution in [0.3, 0.4) is 0 Å². The molecule has 5 nitrogen and oxygen atoms in total. The number of H-pyrrole nitrogens is 1. The summed E-state index contributed by atoms with van der Waals surface area (Å²) < 4.78 is 5.32. The van der Waals surface area contributed by atoms with Crippen LogP contribution in [0.1, 0.15) is 25.7 Å². The van der Waals surface area contributed by atoms with Crippen LogP contribution in [-0.4, -0.2) is 34.9 Å². The monoisotopic (exact) mass is 184 g/mol. The second-order valence-corrected chi connectivity index (χ2v) is 2.64. The van der Waals surface area contributed by atoms with Gasteiger partial charge in [-0.05, 0) is 13.5 Å². The zero-order valence-electron chi connectivity index (χ0n) is 8.08. The van der Waals surface area contributed by atoms with Crippen LogP contribution in [0.2, 0.25) is 0 Å². The first-order valence-corrected chi connectivity index (χ1v) is 4.54. The zero-order valence-corrected chi connectivity index (χ0v) is 8.08. The molecule has 2 N–H and O–H groups in total. The van der Waals surface area contributed by atoms with E-state index in [1.54, 1.807) is 0 Å². The van der Waals surface area contributed by atoms with Gasteiger partial charge in [0.2, 0.25) is 0 Å². The summed E-state index contributed by atoms with van der Waals surface area (Å²) in [7, 11) is 0. The standard InChI is InChI=1S/C8H16N4O/c1-3-9-7(5-13-4-2)8-10-6-11-12-8/h6-7,9H,3-5H2,1-2H3,(H,10,11,12). The summed E-state index contributed by atoms with van der Waals surface area (Å²) in [6.07, 6.45) is 1.51. The number of nitrogens with zero attached hydrogens (tertiary/aromatic N) is 2. The van der Waals surface area contributed by atoms with E-state index in [4.69, 9.17) is 4.74 Å². The minimum Gasteiger partial charge on any atom is -0.380 e. The van der Waals surface area contributed by atoms with E-state index in [0.717, 1.165) is 19.0 Å². The van der Waals surface area contributed by atoms with Gasteiger partial charge in [0.25, 0.3) is 0 Å². The van der Waals surface area contributed by atoms with Crippen LogP contribution in [0.4, 0.5) is 0 Å². The van der Waals surface area contributed by atoms with Crippen LogP contribution < -0.4 is 5.32 Å². The Bertz CT molecular complexity index is 212. The molecule has 0 saturated carbocycles. The third-order valence-corrected chi connectivity index (χ3v) is 1.70. The molecule has 0 fully saturated rings. The third-order valence-electron chi connectivity index (χ3n) is 1.70. The molecule has 0 bridgehead atoms. The average molecular weight is 184 g/mol. The van der Waals surface area contributed by atoms with Gasteiger partial charge in [0.05, 0.1) is 12.6 Å². The molecule has 13 heavy (non-hydrogen) atoms. The Morgan fingerprint density at radius 1 is 1.62 bits per heavy atom. The van der Waals surface area contributed by atoms with Crippen molar-refractivity contribution in [1.29, 1.82) is 0 Å². The van der Waals surface area contributed by atoms with Gasteiger partial charge >= 0.3 is 0 Å². The second-order valence-electron chi connectivity index (χ2n) is 2.64. The predicted octanol–water partition coefficient (Wildman–Crippen LogP) is 0.492. The molecule has 0 spiro atoms. The SMILES string of the molecule is CCNC(COCC)c1ncn[nH]1. The lowest BCUT2D eigenvalue weighted by Crippen LogP contribution is -2.26. The number of aromatic nitrogens is 3. The average Bonchev–Trinajstić information content (AvgIpc) is 2.65. The summed E-state index contributed by atoms with van der Waals surface area (Å²) in [5, 5.41) is 9.89. The summed E-state index contributed by atoms with van der Waals surface area (Å²) in [6, 6.07) is 0.118. The van der Waals surface area contributed by atoms with E-state index in [2.05, 4.69) is 27.4 Å².